The zero-order valence-electron chi connectivity index (χ0n) is 20.1. The second kappa shape index (κ2) is 11.9. The van der Waals surface area contributed by atoms with Crippen LogP contribution in [0.5, 0.6) is 5.75 Å². The second-order valence-electron chi connectivity index (χ2n) is 8.93. The number of benzene rings is 2. The summed E-state index contributed by atoms with van der Waals surface area (Å²) in [4.78, 5) is 15.9. The van der Waals surface area contributed by atoms with E-state index in [2.05, 4.69) is 30.5 Å². The van der Waals surface area contributed by atoms with Gasteiger partial charge in [0.1, 0.15) is 5.75 Å². The highest BCUT2D eigenvalue weighted by molar-refractivity contribution is 5.44. The zero-order valence-corrected chi connectivity index (χ0v) is 20.1. The van der Waals surface area contributed by atoms with Crippen molar-refractivity contribution in [2.24, 2.45) is 0 Å². The number of anilines is 3. The van der Waals surface area contributed by atoms with E-state index >= 15 is 0 Å². The molecule has 1 aromatic heterocycles. The largest absolute Gasteiger partial charge is 0.508 e. The number of hydrogen-bond donors (Lipinski definition) is 3. The number of halogens is 3. The SMILES string of the molecule is Oc1ccc(CCNc2nc(NCc3cccc(C(F)(F)F)c3)nc(N3CCCCCCC3)n2)cc1. The number of nitrogens with one attached hydrogen (secondary N) is 2. The molecule has 1 aliphatic rings. The van der Waals surface area contributed by atoms with Gasteiger partial charge in [-0.05, 0) is 54.7 Å². The molecule has 10 heteroatoms. The molecule has 192 valence electrons. The van der Waals surface area contributed by atoms with Crippen molar-refractivity contribution in [3.05, 3.63) is 65.2 Å². The Morgan fingerprint density at radius 2 is 1.47 bits per heavy atom. The molecule has 1 aliphatic heterocycles. The van der Waals surface area contributed by atoms with E-state index in [4.69, 9.17) is 0 Å². The molecule has 0 amide bonds. The van der Waals surface area contributed by atoms with Gasteiger partial charge in [-0.2, -0.15) is 28.1 Å². The summed E-state index contributed by atoms with van der Waals surface area (Å²) in [5.41, 5.74) is 0.858. The lowest BCUT2D eigenvalue weighted by atomic mass is 10.1. The van der Waals surface area contributed by atoms with E-state index in [1.807, 2.05) is 12.1 Å². The molecule has 0 spiro atoms. The summed E-state index contributed by atoms with van der Waals surface area (Å²) in [6.07, 6.45) is 2.00. The van der Waals surface area contributed by atoms with E-state index in [9.17, 15) is 18.3 Å². The lowest BCUT2D eigenvalue weighted by molar-refractivity contribution is -0.137. The van der Waals surface area contributed by atoms with Crippen molar-refractivity contribution >= 4 is 17.8 Å². The first-order valence-electron chi connectivity index (χ1n) is 12.3. The van der Waals surface area contributed by atoms with Crippen molar-refractivity contribution in [1.29, 1.82) is 0 Å². The van der Waals surface area contributed by atoms with Crippen LogP contribution in [0.25, 0.3) is 0 Å². The third-order valence-corrected chi connectivity index (χ3v) is 6.10. The molecule has 2 heterocycles. The number of aromatic hydroxyl groups is 1. The van der Waals surface area contributed by atoms with Gasteiger partial charge in [-0.25, -0.2) is 0 Å². The molecule has 1 fully saturated rings. The lowest BCUT2D eigenvalue weighted by Gasteiger charge is -2.25. The van der Waals surface area contributed by atoms with E-state index in [-0.39, 0.29) is 12.3 Å². The van der Waals surface area contributed by atoms with Crippen LogP contribution in [0.2, 0.25) is 0 Å². The Hall–Kier alpha value is -3.56. The van der Waals surface area contributed by atoms with Crippen LogP contribution >= 0.6 is 0 Å². The maximum atomic E-state index is 13.1. The summed E-state index contributed by atoms with van der Waals surface area (Å²) in [6, 6.07) is 12.2. The Balaban J connectivity index is 1.49. The molecule has 0 radical (unpaired) electrons. The van der Waals surface area contributed by atoms with Crippen LogP contribution in [0, 0.1) is 0 Å². The predicted molar refractivity (Wildman–Crippen MR) is 134 cm³/mol. The molecular weight excluding hydrogens is 469 g/mol. The van der Waals surface area contributed by atoms with Crippen molar-refractivity contribution in [2.45, 2.75) is 51.2 Å². The van der Waals surface area contributed by atoms with E-state index < -0.39 is 11.7 Å². The van der Waals surface area contributed by atoms with Gasteiger partial charge in [0.05, 0.1) is 5.56 Å². The third-order valence-electron chi connectivity index (χ3n) is 6.10. The number of nitrogens with zero attached hydrogens (tertiary/aromatic N) is 4. The minimum absolute atomic E-state index is 0.153. The summed E-state index contributed by atoms with van der Waals surface area (Å²) < 4.78 is 39.3. The molecule has 7 nitrogen and oxygen atoms in total. The van der Waals surface area contributed by atoms with Crippen LogP contribution in [0.1, 0.15) is 48.8 Å². The summed E-state index contributed by atoms with van der Waals surface area (Å²) in [7, 11) is 0. The molecule has 0 atom stereocenters. The van der Waals surface area contributed by atoms with Crippen LogP contribution in [0.15, 0.2) is 48.5 Å². The smallest absolute Gasteiger partial charge is 0.416 e. The van der Waals surface area contributed by atoms with Crippen molar-refractivity contribution in [3.8, 4) is 5.75 Å². The molecule has 4 rings (SSSR count). The van der Waals surface area contributed by atoms with Gasteiger partial charge in [-0.3, -0.25) is 0 Å². The van der Waals surface area contributed by atoms with Crippen molar-refractivity contribution < 1.29 is 18.3 Å². The van der Waals surface area contributed by atoms with Gasteiger partial charge in [-0.15, -0.1) is 0 Å². The molecule has 3 aromatic rings. The number of alkyl halides is 3. The van der Waals surface area contributed by atoms with Gasteiger partial charge < -0.3 is 20.6 Å². The maximum absolute atomic E-state index is 13.1. The topological polar surface area (TPSA) is 86.2 Å². The van der Waals surface area contributed by atoms with Crippen LogP contribution < -0.4 is 15.5 Å². The molecule has 0 aliphatic carbocycles. The van der Waals surface area contributed by atoms with E-state index in [0.717, 1.165) is 43.6 Å². The molecule has 2 aromatic carbocycles. The summed E-state index contributed by atoms with van der Waals surface area (Å²) in [5, 5.41) is 15.8. The van der Waals surface area contributed by atoms with Crippen LogP contribution in [-0.4, -0.2) is 39.7 Å². The highest BCUT2D eigenvalue weighted by atomic mass is 19.4. The fourth-order valence-corrected chi connectivity index (χ4v) is 4.13. The number of hydrogen-bond acceptors (Lipinski definition) is 7. The molecule has 0 saturated carbocycles. The Kier molecular flexibility index (Phi) is 8.45. The van der Waals surface area contributed by atoms with Crippen LogP contribution in [0.4, 0.5) is 31.0 Å². The number of phenols is 1. The third kappa shape index (κ3) is 7.47. The molecule has 0 unspecified atom stereocenters. The highest BCUT2D eigenvalue weighted by Gasteiger charge is 2.30. The van der Waals surface area contributed by atoms with Gasteiger partial charge in [0.2, 0.25) is 17.8 Å². The molecule has 1 saturated heterocycles. The average molecular weight is 501 g/mol. The molecular formula is C26H31F3N6O. The number of phenolic OH excluding ortho intramolecular Hbond substituents is 1. The van der Waals surface area contributed by atoms with E-state index in [1.54, 1.807) is 18.2 Å². The Bertz CT molecular complexity index is 1120. The zero-order chi connectivity index (χ0) is 25.4. The second-order valence-corrected chi connectivity index (χ2v) is 8.93. The quantitative estimate of drug-likeness (QED) is 0.369. The van der Waals surface area contributed by atoms with E-state index in [0.29, 0.717) is 36.4 Å². The highest BCUT2D eigenvalue weighted by Crippen LogP contribution is 2.29. The van der Waals surface area contributed by atoms with E-state index in [1.165, 1.54) is 25.3 Å². The maximum Gasteiger partial charge on any atom is 0.416 e. The van der Waals surface area contributed by atoms with Crippen molar-refractivity contribution in [3.63, 3.8) is 0 Å². The van der Waals surface area contributed by atoms with Gasteiger partial charge in [0, 0.05) is 26.2 Å². The molecule has 0 bridgehead atoms. The Morgan fingerprint density at radius 1 is 0.806 bits per heavy atom. The average Bonchev–Trinajstić information content (AvgIpc) is 2.83. The lowest BCUT2D eigenvalue weighted by Crippen LogP contribution is -2.29. The molecule has 3 N–H and O–H groups in total. The first-order valence-corrected chi connectivity index (χ1v) is 12.3. The number of aromatic nitrogens is 3. The van der Waals surface area contributed by atoms with Gasteiger partial charge >= 0.3 is 6.18 Å². The van der Waals surface area contributed by atoms with Gasteiger partial charge in [0.15, 0.2) is 0 Å². The predicted octanol–water partition coefficient (Wildman–Crippen LogP) is 5.63. The monoisotopic (exact) mass is 500 g/mol. The van der Waals surface area contributed by atoms with Crippen molar-refractivity contribution in [2.75, 3.05) is 35.2 Å². The summed E-state index contributed by atoms with van der Waals surface area (Å²) in [5.74, 6) is 1.50. The first-order chi connectivity index (χ1) is 17.4. The first kappa shape index (κ1) is 25.5. The molecule has 36 heavy (non-hydrogen) atoms. The fraction of sp³-hybridized carbons (Fsp3) is 0.423. The normalized spacial score (nSPS) is 14.7. The minimum Gasteiger partial charge on any atom is -0.508 e. The van der Waals surface area contributed by atoms with Gasteiger partial charge in [-0.1, -0.05) is 43.5 Å². The standard InChI is InChI=1S/C26H31F3N6O/c27-26(28,29)21-8-6-7-20(17-21)18-31-24-32-23(30-14-13-19-9-11-22(36)12-10-19)33-25(34-24)35-15-4-2-1-3-5-16-35/h6-12,17,36H,1-5,13-16,18H2,(H2,30,31,32,33,34). The summed E-state index contributed by atoms with van der Waals surface area (Å²) in [6.45, 7) is 2.43. The fourth-order valence-electron chi connectivity index (χ4n) is 4.13. The van der Waals surface area contributed by atoms with Gasteiger partial charge in [0.25, 0.3) is 0 Å². The van der Waals surface area contributed by atoms with Crippen molar-refractivity contribution in [1.82, 2.24) is 15.0 Å². The Labute approximate surface area is 208 Å². The minimum atomic E-state index is -4.39. The van der Waals surface area contributed by atoms with Crippen LogP contribution in [0.3, 0.4) is 0 Å². The summed E-state index contributed by atoms with van der Waals surface area (Å²) >= 11 is 0. The Morgan fingerprint density at radius 3 is 2.17 bits per heavy atom. The number of rotatable bonds is 8. The van der Waals surface area contributed by atoms with Crippen LogP contribution in [-0.2, 0) is 19.1 Å².